The predicted molar refractivity (Wildman–Crippen MR) is 106 cm³/mol. The molecule has 1 aliphatic rings. The molecule has 2 heterocycles. The molecule has 0 spiro atoms. The lowest BCUT2D eigenvalue weighted by Gasteiger charge is -2.36. The minimum atomic E-state index is -0.560. The lowest BCUT2D eigenvalue weighted by atomic mass is 10.1. The van der Waals surface area contributed by atoms with Crippen LogP contribution in [0.1, 0.15) is 35.5 Å². The summed E-state index contributed by atoms with van der Waals surface area (Å²) in [6, 6.07) is 7.91. The van der Waals surface area contributed by atoms with Gasteiger partial charge in [-0.05, 0) is 33.3 Å². The van der Waals surface area contributed by atoms with Crippen molar-refractivity contribution in [1.82, 2.24) is 19.6 Å². The standard InChI is InChI=1S/C20H27N5O3/c1-14-6-5-7-18(12-14)13-22-8-10-23(11-9-22)20(26)17(4)24-16(3)19(25(27)28)15(2)21-24/h5-7,12,17H,8-11,13H2,1-4H3. The molecule has 1 aromatic carbocycles. The molecule has 1 aromatic heterocycles. The lowest BCUT2D eigenvalue weighted by Crippen LogP contribution is -2.50. The molecule has 1 saturated heterocycles. The SMILES string of the molecule is Cc1cccc(CN2CCN(C(=O)C(C)n3nc(C)c([N+](=O)[O-])c3C)CC2)c1. The van der Waals surface area contributed by atoms with Gasteiger partial charge in [0.1, 0.15) is 17.4 Å². The number of amides is 1. The quantitative estimate of drug-likeness (QED) is 0.583. The Hall–Kier alpha value is -2.74. The molecular formula is C20H27N5O3. The molecule has 0 saturated carbocycles. The van der Waals surface area contributed by atoms with E-state index in [9.17, 15) is 14.9 Å². The van der Waals surface area contributed by atoms with Gasteiger partial charge >= 0.3 is 5.69 Å². The summed E-state index contributed by atoms with van der Waals surface area (Å²) in [5, 5.41) is 15.5. The van der Waals surface area contributed by atoms with Crippen molar-refractivity contribution in [1.29, 1.82) is 0 Å². The maximum absolute atomic E-state index is 12.9. The highest BCUT2D eigenvalue weighted by Gasteiger charge is 2.30. The van der Waals surface area contributed by atoms with E-state index in [1.165, 1.54) is 15.8 Å². The van der Waals surface area contributed by atoms with Crippen molar-refractivity contribution < 1.29 is 9.72 Å². The highest BCUT2D eigenvalue weighted by atomic mass is 16.6. The zero-order valence-corrected chi connectivity index (χ0v) is 16.9. The fourth-order valence-corrected chi connectivity index (χ4v) is 3.86. The van der Waals surface area contributed by atoms with E-state index in [0.29, 0.717) is 24.5 Å². The fraction of sp³-hybridized carbons (Fsp3) is 0.500. The van der Waals surface area contributed by atoms with E-state index in [1.807, 2.05) is 4.90 Å². The topological polar surface area (TPSA) is 84.5 Å². The minimum absolute atomic E-state index is 0.0115. The molecule has 0 bridgehead atoms. The fourth-order valence-electron chi connectivity index (χ4n) is 3.86. The zero-order chi connectivity index (χ0) is 20.4. The molecule has 8 heteroatoms. The van der Waals surface area contributed by atoms with Crippen molar-refractivity contribution in [2.75, 3.05) is 26.2 Å². The summed E-state index contributed by atoms with van der Waals surface area (Å²) in [5.41, 5.74) is 3.27. The number of carbonyl (C=O) groups excluding carboxylic acids is 1. The van der Waals surface area contributed by atoms with Crippen LogP contribution in [0.15, 0.2) is 24.3 Å². The van der Waals surface area contributed by atoms with Crippen LogP contribution < -0.4 is 0 Å². The summed E-state index contributed by atoms with van der Waals surface area (Å²) in [4.78, 5) is 27.9. The Morgan fingerprint density at radius 3 is 2.46 bits per heavy atom. The van der Waals surface area contributed by atoms with Crippen LogP contribution in [-0.4, -0.2) is 56.6 Å². The van der Waals surface area contributed by atoms with E-state index in [-0.39, 0.29) is 11.6 Å². The van der Waals surface area contributed by atoms with Crippen molar-refractivity contribution in [2.24, 2.45) is 0 Å². The Kier molecular flexibility index (Phi) is 5.79. The summed E-state index contributed by atoms with van der Waals surface area (Å²) in [6.45, 7) is 10.9. The molecule has 8 nitrogen and oxygen atoms in total. The van der Waals surface area contributed by atoms with Crippen LogP contribution in [0.2, 0.25) is 0 Å². The Bertz CT molecular complexity index is 884. The molecule has 1 atom stereocenters. The van der Waals surface area contributed by atoms with E-state index in [4.69, 9.17) is 0 Å². The van der Waals surface area contributed by atoms with E-state index in [2.05, 4.69) is 41.2 Å². The second-order valence-electron chi connectivity index (χ2n) is 7.49. The van der Waals surface area contributed by atoms with Crippen LogP contribution in [0.3, 0.4) is 0 Å². The number of rotatable bonds is 5. The first-order chi connectivity index (χ1) is 13.3. The van der Waals surface area contributed by atoms with Crippen LogP contribution >= 0.6 is 0 Å². The number of carbonyl (C=O) groups is 1. The molecular weight excluding hydrogens is 358 g/mol. The summed E-state index contributed by atoms with van der Waals surface area (Å²) in [5.74, 6) is -0.0456. The van der Waals surface area contributed by atoms with Gasteiger partial charge in [-0.1, -0.05) is 29.8 Å². The molecule has 1 fully saturated rings. The van der Waals surface area contributed by atoms with Crippen molar-refractivity contribution in [2.45, 2.75) is 40.3 Å². The van der Waals surface area contributed by atoms with Gasteiger partial charge in [0.05, 0.1) is 4.92 Å². The molecule has 0 radical (unpaired) electrons. The van der Waals surface area contributed by atoms with Crippen LogP contribution in [0.5, 0.6) is 0 Å². The lowest BCUT2D eigenvalue weighted by molar-refractivity contribution is -0.386. The van der Waals surface area contributed by atoms with Gasteiger partial charge in [-0.15, -0.1) is 0 Å². The van der Waals surface area contributed by atoms with Gasteiger partial charge in [-0.25, -0.2) is 0 Å². The number of nitrogens with zero attached hydrogens (tertiary/aromatic N) is 5. The summed E-state index contributed by atoms with van der Waals surface area (Å²) < 4.78 is 1.48. The smallest absolute Gasteiger partial charge is 0.312 e. The van der Waals surface area contributed by atoms with Crippen molar-refractivity contribution in [3.8, 4) is 0 Å². The number of hydrogen-bond acceptors (Lipinski definition) is 5. The molecule has 3 rings (SSSR count). The van der Waals surface area contributed by atoms with Crippen LogP contribution in [0.25, 0.3) is 0 Å². The maximum atomic E-state index is 12.9. The van der Waals surface area contributed by atoms with E-state index in [1.54, 1.807) is 20.8 Å². The van der Waals surface area contributed by atoms with Gasteiger partial charge in [-0.3, -0.25) is 24.5 Å². The number of aromatic nitrogens is 2. The maximum Gasteiger partial charge on any atom is 0.312 e. The Morgan fingerprint density at radius 1 is 1.21 bits per heavy atom. The van der Waals surface area contributed by atoms with Gasteiger partial charge < -0.3 is 4.90 Å². The average Bonchev–Trinajstić information content (AvgIpc) is 2.95. The van der Waals surface area contributed by atoms with Crippen molar-refractivity contribution in [3.05, 3.63) is 56.9 Å². The molecule has 150 valence electrons. The number of piperazine rings is 1. The number of nitro groups is 1. The van der Waals surface area contributed by atoms with Gasteiger partial charge in [0, 0.05) is 32.7 Å². The number of hydrogen-bond donors (Lipinski definition) is 0. The zero-order valence-electron chi connectivity index (χ0n) is 16.9. The molecule has 2 aromatic rings. The molecule has 28 heavy (non-hydrogen) atoms. The summed E-state index contributed by atoms with van der Waals surface area (Å²) in [6.07, 6.45) is 0. The first-order valence-corrected chi connectivity index (χ1v) is 9.54. The van der Waals surface area contributed by atoms with Gasteiger partial charge in [0.2, 0.25) is 5.91 Å². The third kappa shape index (κ3) is 4.06. The number of benzene rings is 1. The van der Waals surface area contributed by atoms with E-state index < -0.39 is 11.0 Å². The van der Waals surface area contributed by atoms with Gasteiger partial charge in [0.15, 0.2) is 0 Å². The first kappa shape index (κ1) is 20.0. The van der Waals surface area contributed by atoms with Gasteiger partial charge in [-0.2, -0.15) is 5.10 Å². The van der Waals surface area contributed by atoms with Crippen molar-refractivity contribution >= 4 is 11.6 Å². The van der Waals surface area contributed by atoms with Crippen LogP contribution in [0.4, 0.5) is 5.69 Å². The second kappa shape index (κ2) is 8.10. The summed E-state index contributed by atoms with van der Waals surface area (Å²) >= 11 is 0. The highest BCUT2D eigenvalue weighted by molar-refractivity contribution is 5.80. The highest BCUT2D eigenvalue weighted by Crippen LogP contribution is 2.25. The molecule has 1 aliphatic heterocycles. The summed E-state index contributed by atoms with van der Waals surface area (Å²) in [7, 11) is 0. The van der Waals surface area contributed by atoms with E-state index in [0.717, 1.165) is 19.6 Å². The first-order valence-electron chi connectivity index (χ1n) is 9.54. The number of aryl methyl sites for hydroxylation is 2. The average molecular weight is 385 g/mol. The molecule has 1 amide bonds. The van der Waals surface area contributed by atoms with Crippen LogP contribution in [-0.2, 0) is 11.3 Å². The van der Waals surface area contributed by atoms with Crippen LogP contribution in [0, 0.1) is 30.9 Å². The second-order valence-corrected chi connectivity index (χ2v) is 7.49. The third-order valence-electron chi connectivity index (χ3n) is 5.37. The molecule has 0 aliphatic carbocycles. The molecule has 0 N–H and O–H groups in total. The normalized spacial score (nSPS) is 16.2. The van der Waals surface area contributed by atoms with Crippen molar-refractivity contribution in [3.63, 3.8) is 0 Å². The predicted octanol–water partition coefficient (Wildman–Crippen LogP) is 2.62. The molecule has 1 unspecified atom stereocenters. The van der Waals surface area contributed by atoms with Gasteiger partial charge in [0.25, 0.3) is 0 Å². The third-order valence-corrected chi connectivity index (χ3v) is 5.37. The monoisotopic (exact) mass is 385 g/mol. The van der Waals surface area contributed by atoms with E-state index >= 15 is 0 Å². The Morgan fingerprint density at radius 2 is 1.89 bits per heavy atom. The largest absolute Gasteiger partial charge is 0.338 e. The Balaban J connectivity index is 1.62. The minimum Gasteiger partial charge on any atom is -0.338 e. The Labute approximate surface area is 164 Å².